The van der Waals surface area contributed by atoms with Crippen molar-refractivity contribution in [1.82, 2.24) is 9.55 Å². The second-order valence-electron chi connectivity index (χ2n) is 7.18. The van der Waals surface area contributed by atoms with Crippen molar-refractivity contribution in [2.24, 2.45) is 5.73 Å². The molecular weight excluding hydrogens is 390 g/mol. The predicted molar refractivity (Wildman–Crippen MR) is 117 cm³/mol. The van der Waals surface area contributed by atoms with E-state index in [1.807, 2.05) is 41.1 Å². The second kappa shape index (κ2) is 9.23. The van der Waals surface area contributed by atoms with Crippen LogP contribution in [0.5, 0.6) is 5.75 Å². The van der Waals surface area contributed by atoms with Gasteiger partial charge >= 0.3 is 11.6 Å². The second-order valence-corrected chi connectivity index (χ2v) is 7.18. The standard InChI is InChI=1S/C24H23N5O2/c25-15-18-8-10-20(11-9-18)27-24(31)23-21(30)7-4-13-29(23)17-22-26-12-14-28(22)16-19-5-2-1-3-6-19/h1-14H,15-17,25H2,(H-,27,30,31)/p+1. The minimum Gasteiger partial charge on any atom is -0.502 e. The zero-order valence-electron chi connectivity index (χ0n) is 17.0. The Morgan fingerprint density at radius 1 is 1.03 bits per heavy atom. The molecule has 1 amide bonds. The maximum absolute atomic E-state index is 13.0. The lowest BCUT2D eigenvalue weighted by Crippen LogP contribution is -2.43. The lowest BCUT2D eigenvalue weighted by molar-refractivity contribution is -0.691. The maximum atomic E-state index is 13.0. The van der Waals surface area contributed by atoms with Crippen LogP contribution >= 0.6 is 0 Å². The molecule has 0 aliphatic carbocycles. The van der Waals surface area contributed by atoms with E-state index < -0.39 is 5.91 Å². The average molecular weight is 414 g/mol. The number of imidazole rings is 1. The van der Waals surface area contributed by atoms with Crippen LogP contribution in [-0.2, 0) is 19.6 Å². The highest BCUT2D eigenvalue weighted by Crippen LogP contribution is 2.16. The summed E-state index contributed by atoms with van der Waals surface area (Å²) in [4.78, 5) is 17.4. The zero-order valence-corrected chi connectivity index (χ0v) is 17.0. The van der Waals surface area contributed by atoms with Crippen LogP contribution in [0.3, 0.4) is 0 Å². The molecule has 0 spiro atoms. The normalized spacial score (nSPS) is 10.7. The van der Waals surface area contributed by atoms with Gasteiger partial charge in [-0.05, 0) is 29.3 Å². The third-order valence-electron chi connectivity index (χ3n) is 5.02. The Morgan fingerprint density at radius 3 is 2.55 bits per heavy atom. The van der Waals surface area contributed by atoms with E-state index in [2.05, 4.69) is 22.4 Å². The van der Waals surface area contributed by atoms with Gasteiger partial charge in [0.05, 0.1) is 0 Å². The molecule has 4 aromatic rings. The molecule has 7 nitrogen and oxygen atoms in total. The quantitative estimate of drug-likeness (QED) is 0.405. The Morgan fingerprint density at radius 2 is 1.81 bits per heavy atom. The first-order valence-corrected chi connectivity index (χ1v) is 10.00. The Hall–Kier alpha value is -3.97. The number of aromatic hydroxyl groups is 1. The fourth-order valence-corrected chi connectivity index (χ4v) is 3.40. The van der Waals surface area contributed by atoms with Gasteiger partial charge in [0.15, 0.2) is 17.8 Å². The van der Waals surface area contributed by atoms with E-state index >= 15 is 0 Å². The zero-order chi connectivity index (χ0) is 21.6. The highest BCUT2D eigenvalue weighted by Gasteiger charge is 2.25. The van der Waals surface area contributed by atoms with Crippen LogP contribution in [0.25, 0.3) is 0 Å². The largest absolute Gasteiger partial charge is 0.502 e. The van der Waals surface area contributed by atoms with Crippen molar-refractivity contribution in [2.75, 3.05) is 5.32 Å². The highest BCUT2D eigenvalue weighted by molar-refractivity contribution is 6.03. The Bertz CT molecular complexity index is 1170. The number of hydrogen-bond acceptors (Lipinski definition) is 4. The predicted octanol–water partition coefficient (Wildman–Crippen LogP) is 2.68. The molecule has 0 fully saturated rings. The topological polar surface area (TPSA) is 97.0 Å². The van der Waals surface area contributed by atoms with Gasteiger partial charge in [-0.1, -0.05) is 42.5 Å². The summed E-state index contributed by atoms with van der Waals surface area (Å²) in [5.41, 5.74) is 8.55. The number of benzene rings is 2. The van der Waals surface area contributed by atoms with Gasteiger partial charge in [-0.3, -0.25) is 4.79 Å². The summed E-state index contributed by atoms with van der Waals surface area (Å²) in [6, 6.07) is 20.6. The first kappa shape index (κ1) is 20.3. The molecule has 2 heterocycles. The third kappa shape index (κ3) is 4.79. The van der Waals surface area contributed by atoms with Crippen LogP contribution in [0, 0.1) is 0 Å². The minimum absolute atomic E-state index is 0.0975. The minimum atomic E-state index is -0.403. The van der Waals surface area contributed by atoms with E-state index in [1.54, 1.807) is 35.2 Å². The number of nitrogens with two attached hydrogens (primary N) is 1. The van der Waals surface area contributed by atoms with Crippen molar-refractivity contribution in [3.63, 3.8) is 0 Å². The molecule has 0 radical (unpaired) electrons. The molecule has 156 valence electrons. The molecule has 4 N–H and O–H groups in total. The molecule has 2 aromatic carbocycles. The smallest absolute Gasteiger partial charge is 0.324 e. The highest BCUT2D eigenvalue weighted by atomic mass is 16.3. The summed E-state index contributed by atoms with van der Waals surface area (Å²) < 4.78 is 3.72. The number of carbonyl (C=O) groups excluding carboxylic acids is 1. The molecule has 2 aromatic heterocycles. The fourth-order valence-electron chi connectivity index (χ4n) is 3.40. The van der Waals surface area contributed by atoms with Crippen molar-refractivity contribution < 1.29 is 14.5 Å². The number of nitrogens with one attached hydrogen (secondary N) is 1. The van der Waals surface area contributed by atoms with Crippen molar-refractivity contribution in [1.29, 1.82) is 0 Å². The summed E-state index contributed by atoms with van der Waals surface area (Å²) in [6.07, 6.45) is 5.40. The van der Waals surface area contributed by atoms with Gasteiger partial charge in [0.25, 0.3) is 0 Å². The first-order valence-electron chi connectivity index (χ1n) is 10.00. The Balaban J connectivity index is 1.57. The number of carbonyl (C=O) groups is 1. The van der Waals surface area contributed by atoms with Gasteiger partial charge in [-0.2, -0.15) is 4.57 Å². The van der Waals surface area contributed by atoms with Gasteiger partial charge in [0.1, 0.15) is 0 Å². The van der Waals surface area contributed by atoms with Crippen LogP contribution in [0.15, 0.2) is 85.3 Å². The molecule has 31 heavy (non-hydrogen) atoms. The number of rotatable bonds is 7. The molecule has 0 aliphatic heterocycles. The van der Waals surface area contributed by atoms with E-state index in [9.17, 15) is 9.90 Å². The molecule has 0 aliphatic rings. The fraction of sp³-hybridized carbons (Fsp3) is 0.125. The van der Waals surface area contributed by atoms with E-state index in [4.69, 9.17) is 5.73 Å². The number of anilines is 1. The van der Waals surface area contributed by atoms with Gasteiger partial charge in [0, 0.05) is 37.2 Å². The van der Waals surface area contributed by atoms with Crippen LogP contribution in [0.2, 0.25) is 0 Å². The number of amides is 1. The Labute approximate surface area is 180 Å². The summed E-state index contributed by atoms with van der Waals surface area (Å²) in [5, 5.41) is 13.3. The monoisotopic (exact) mass is 414 g/mol. The van der Waals surface area contributed by atoms with Crippen LogP contribution in [-0.4, -0.2) is 20.6 Å². The molecule has 0 bridgehead atoms. The Kier molecular flexibility index (Phi) is 6.05. The molecule has 0 saturated carbocycles. The SMILES string of the molecule is NCc1ccc(NC(=O)c2c(O)ccc[n+]2Cc2nccn2Cc2ccccc2)cc1. The van der Waals surface area contributed by atoms with Crippen LogP contribution in [0.4, 0.5) is 5.69 Å². The molecular formula is C24H24N5O2+. The number of aromatic nitrogens is 3. The number of nitrogens with zero attached hydrogens (tertiary/aromatic N) is 3. The third-order valence-corrected chi connectivity index (χ3v) is 5.02. The van der Waals surface area contributed by atoms with Gasteiger partial charge in [0.2, 0.25) is 6.54 Å². The lowest BCUT2D eigenvalue weighted by atomic mass is 10.2. The molecule has 0 unspecified atom stereocenters. The molecule has 4 rings (SSSR count). The lowest BCUT2D eigenvalue weighted by Gasteiger charge is -2.09. The number of pyridine rings is 1. The van der Waals surface area contributed by atoms with Crippen molar-refractivity contribution >= 4 is 11.6 Å². The average Bonchev–Trinajstić information content (AvgIpc) is 3.21. The van der Waals surface area contributed by atoms with Crippen molar-refractivity contribution in [2.45, 2.75) is 19.6 Å². The van der Waals surface area contributed by atoms with Crippen LogP contribution < -0.4 is 15.6 Å². The van der Waals surface area contributed by atoms with Gasteiger partial charge in [-0.15, -0.1) is 0 Å². The first-order chi connectivity index (χ1) is 15.1. The maximum Gasteiger partial charge on any atom is 0.324 e. The summed E-state index contributed by atoms with van der Waals surface area (Å²) >= 11 is 0. The van der Waals surface area contributed by atoms with Crippen LogP contribution in [0.1, 0.15) is 27.4 Å². The van der Waals surface area contributed by atoms with E-state index in [0.717, 1.165) is 17.0 Å². The van der Waals surface area contributed by atoms with E-state index in [0.29, 0.717) is 25.3 Å². The molecule has 0 atom stereocenters. The van der Waals surface area contributed by atoms with E-state index in [1.165, 1.54) is 6.07 Å². The van der Waals surface area contributed by atoms with Crippen molar-refractivity contribution in [3.05, 3.63) is 108 Å². The van der Waals surface area contributed by atoms with Gasteiger partial charge in [-0.25, -0.2) is 4.98 Å². The van der Waals surface area contributed by atoms with Gasteiger partial charge < -0.3 is 20.7 Å². The summed E-state index contributed by atoms with van der Waals surface area (Å²) in [7, 11) is 0. The van der Waals surface area contributed by atoms with Crippen molar-refractivity contribution in [3.8, 4) is 5.75 Å². The molecule has 7 heteroatoms. The van der Waals surface area contributed by atoms with E-state index in [-0.39, 0.29) is 11.4 Å². The molecule has 0 saturated heterocycles. The summed E-state index contributed by atoms with van der Waals surface area (Å²) in [6.45, 7) is 1.44. The number of hydrogen-bond donors (Lipinski definition) is 3. The summed E-state index contributed by atoms with van der Waals surface area (Å²) in [5.74, 6) is 0.278.